The van der Waals surface area contributed by atoms with Crippen molar-refractivity contribution in [3.05, 3.63) is 23.4 Å². The lowest BCUT2D eigenvalue weighted by Gasteiger charge is -2.30. The topological polar surface area (TPSA) is 31.4 Å². The minimum atomic E-state index is 0.522. The van der Waals surface area contributed by atoms with E-state index in [1.165, 1.54) is 24.1 Å². The molecule has 1 N–H and O–H groups in total. The van der Waals surface area contributed by atoms with Gasteiger partial charge in [0, 0.05) is 31.9 Å². The molecule has 0 aliphatic carbocycles. The number of aryl methyl sites for hydroxylation is 1. The highest BCUT2D eigenvalue weighted by Gasteiger charge is 2.22. The Morgan fingerprint density at radius 2 is 2.20 bits per heavy atom. The number of anilines is 1. The van der Waals surface area contributed by atoms with Gasteiger partial charge in [0.2, 0.25) is 0 Å². The van der Waals surface area contributed by atoms with Gasteiger partial charge in [-0.15, -0.1) is 0 Å². The second kappa shape index (κ2) is 7.04. The third-order valence-electron chi connectivity index (χ3n) is 4.01. The molecule has 1 aliphatic heterocycles. The fourth-order valence-corrected chi connectivity index (χ4v) is 2.98. The van der Waals surface area contributed by atoms with Crippen molar-refractivity contribution in [1.82, 2.24) is 15.2 Å². The van der Waals surface area contributed by atoms with Crippen molar-refractivity contribution in [2.24, 2.45) is 0 Å². The number of likely N-dealkylation sites (N-methyl/N-ethyl adjacent to an activating group) is 1. The van der Waals surface area contributed by atoms with Crippen molar-refractivity contribution in [3.63, 3.8) is 0 Å². The average Bonchev–Trinajstić information content (AvgIpc) is 2.57. The Morgan fingerprint density at radius 3 is 2.90 bits per heavy atom. The van der Waals surface area contributed by atoms with Crippen molar-refractivity contribution >= 4 is 5.82 Å². The lowest BCUT2D eigenvalue weighted by molar-refractivity contribution is 0.337. The molecule has 4 nitrogen and oxygen atoms in total. The summed E-state index contributed by atoms with van der Waals surface area (Å²) in [6.45, 7) is 11.9. The van der Waals surface area contributed by atoms with Gasteiger partial charge in [-0.2, -0.15) is 0 Å². The van der Waals surface area contributed by atoms with Crippen molar-refractivity contribution in [1.29, 1.82) is 0 Å². The molecule has 112 valence electrons. The summed E-state index contributed by atoms with van der Waals surface area (Å²) in [7, 11) is 2.21. The van der Waals surface area contributed by atoms with Gasteiger partial charge in [-0.3, -0.25) is 0 Å². The third-order valence-corrected chi connectivity index (χ3v) is 4.01. The summed E-state index contributed by atoms with van der Waals surface area (Å²) in [6.07, 6.45) is 3.23. The monoisotopic (exact) mass is 276 g/mol. The molecule has 1 aromatic heterocycles. The van der Waals surface area contributed by atoms with Crippen LogP contribution in [-0.2, 0) is 6.54 Å². The van der Waals surface area contributed by atoms with E-state index >= 15 is 0 Å². The van der Waals surface area contributed by atoms with Crippen LogP contribution in [0.4, 0.5) is 5.82 Å². The van der Waals surface area contributed by atoms with Gasteiger partial charge >= 0.3 is 0 Å². The van der Waals surface area contributed by atoms with Gasteiger partial charge in [0.05, 0.1) is 0 Å². The van der Waals surface area contributed by atoms with E-state index in [9.17, 15) is 0 Å². The lowest BCUT2D eigenvalue weighted by atomic mass is 10.1. The number of pyridine rings is 1. The Morgan fingerprint density at radius 1 is 1.40 bits per heavy atom. The fraction of sp³-hybridized carbons (Fsp3) is 0.688. The minimum Gasteiger partial charge on any atom is -0.352 e. The van der Waals surface area contributed by atoms with E-state index < -0.39 is 0 Å². The number of hydrogen-bond acceptors (Lipinski definition) is 4. The van der Waals surface area contributed by atoms with Gasteiger partial charge < -0.3 is 15.1 Å². The Labute approximate surface area is 123 Å². The summed E-state index contributed by atoms with van der Waals surface area (Å²) in [6, 6.07) is 2.79. The van der Waals surface area contributed by atoms with Crippen LogP contribution in [0.25, 0.3) is 0 Å². The molecule has 1 aliphatic rings. The molecular weight excluding hydrogens is 248 g/mol. The number of aromatic nitrogens is 1. The molecule has 0 spiro atoms. The molecule has 1 aromatic rings. The molecule has 2 rings (SSSR count). The molecule has 0 aromatic carbocycles. The standard InChI is InChI=1S/C16H28N4/c1-5-17-10-15-9-13(2)16(18-11-15)20-8-6-7-19(4)12-14(20)3/h9,11,14,17H,5-8,10,12H2,1-4H3. The maximum absolute atomic E-state index is 4.74. The molecule has 0 bridgehead atoms. The van der Waals surface area contributed by atoms with Gasteiger partial charge in [-0.25, -0.2) is 4.98 Å². The number of nitrogens with zero attached hydrogens (tertiary/aromatic N) is 3. The van der Waals surface area contributed by atoms with E-state index in [1.54, 1.807) is 0 Å². The number of rotatable bonds is 4. The predicted molar refractivity (Wildman–Crippen MR) is 85.3 cm³/mol. The Kier molecular flexibility index (Phi) is 5.38. The summed E-state index contributed by atoms with van der Waals surface area (Å²) in [5, 5.41) is 3.36. The van der Waals surface area contributed by atoms with Gasteiger partial charge in [0.25, 0.3) is 0 Å². The summed E-state index contributed by atoms with van der Waals surface area (Å²) in [5.74, 6) is 1.16. The molecule has 1 atom stereocenters. The van der Waals surface area contributed by atoms with E-state index in [-0.39, 0.29) is 0 Å². The number of nitrogens with one attached hydrogen (secondary N) is 1. The highest BCUT2D eigenvalue weighted by atomic mass is 15.3. The molecule has 1 fully saturated rings. The Hall–Kier alpha value is -1.13. The van der Waals surface area contributed by atoms with Gasteiger partial charge in [0.15, 0.2) is 0 Å². The third kappa shape index (κ3) is 3.70. The van der Waals surface area contributed by atoms with E-state index in [0.717, 1.165) is 32.0 Å². The average molecular weight is 276 g/mol. The first-order chi connectivity index (χ1) is 9.61. The van der Waals surface area contributed by atoms with Crippen LogP contribution in [0.2, 0.25) is 0 Å². The highest BCUT2D eigenvalue weighted by molar-refractivity contribution is 5.48. The summed E-state index contributed by atoms with van der Waals surface area (Å²) in [4.78, 5) is 9.62. The van der Waals surface area contributed by atoms with Crippen molar-refractivity contribution in [3.8, 4) is 0 Å². The van der Waals surface area contributed by atoms with Crippen LogP contribution in [0.3, 0.4) is 0 Å². The highest BCUT2D eigenvalue weighted by Crippen LogP contribution is 2.22. The van der Waals surface area contributed by atoms with Crippen molar-refractivity contribution < 1.29 is 0 Å². The Balaban J connectivity index is 2.14. The smallest absolute Gasteiger partial charge is 0.131 e. The van der Waals surface area contributed by atoms with Gasteiger partial charge in [0.1, 0.15) is 5.82 Å². The second-order valence-corrected chi connectivity index (χ2v) is 5.92. The molecule has 20 heavy (non-hydrogen) atoms. The zero-order valence-corrected chi connectivity index (χ0v) is 13.3. The first kappa shape index (κ1) is 15.3. The molecule has 0 radical (unpaired) electrons. The molecule has 4 heteroatoms. The van der Waals surface area contributed by atoms with Crippen molar-refractivity contribution in [2.75, 3.05) is 38.1 Å². The minimum absolute atomic E-state index is 0.522. The van der Waals surface area contributed by atoms with Crippen molar-refractivity contribution in [2.45, 2.75) is 39.8 Å². The van der Waals surface area contributed by atoms with Crippen LogP contribution in [0.15, 0.2) is 12.3 Å². The van der Waals surface area contributed by atoms with E-state index in [4.69, 9.17) is 4.98 Å². The summed E-state index contributed by atoms with van der Waals surface area (Å²) >= 11 is 0. The maximum Gasteiger partial charge on any atom is 0.131 e. The number of hydrogen-bond donors (Lipinski definition) is 1. The van der Waals surface area contributed by atoms with E-state index in [2.05, 4.69) is 49.0 Å². The van der Waals surface area contributed by atoms with Crippen LogP contribution in [0.1, 0.15) is 31.4 Å². The Bertz CT molecular complexity index is 432. The fourth-order valence-electron chi connectivity index (χ4n) is 2.98. The first-order valence-corrected chi connectivity index (χ1v) is 7.73. The summed E-state index contributed by atoms with van der Waals surface area (Å²) in [5.41, 5.74) is 2.56. The molecular formula is C16H28N4. The van der Waals surface area contributed by atoms with Gasteiger partial charge in [-0.05, 0) is 57.6 Å². The zero-order valence-electron chi connectivity index (χ0n) is 13.3. The quantitative estimate of drug-likeness (QED) is 0.912. The van der Waals surface area contributed by atoms with Crippen LogP contribution in [0, 0.1) is 6.92 Å². The van der Waals surface area contributed by atoms with Gasteiger partial charge in [-0.1, -0.05) is 6.92 Å². The van der Waals surface area contributed by atoms with Crippen LogP contribution >= 0.6 is 0 Å². The van der Waals surface area contributed by atoms with Crippen LogP contribution in [0.5, 0.6) is 0 Å². The molecule has 1 unspecified atom stereocenters. The van der Waals surface area contributed by atoms with Crippen LogP contribution < -0.4 is 10.2 Å². The maximum atomic E-state index is 4.74. The summed E-state index contributed by atoms with van der Waals surface area (Å²) < 4.78 is 0. The second-order valence-electron chi connectivity index (χ2n) is 5.92. The lowest BCUT2D eigenvalue weighted by Crippen LogP contribution is -2.38. The molecule has 1 saturated heterocycles. The van der Waals surface area contributed by atoms with Crippen LogP contribution in [-0.4, -0.2) is 49.2 Å². The SMILES string of the molecule is CCNCc1cnc(N2CCCN(C)CC2C)c(C)c1. The normalized spacial score (nSPS) is 21.0. The first-order valence-electron chi connectivity index (χ1n) is 7.73. The van der Waals surface area contributed by atoms with E-state index in [0.29, 0.717) is 6.04 Å². The zero-order chi connectivity index (χ0) is 14.5. The van der Waals surface area contributed by atoms with E-state index in [1.807, 2.05) is 6.20 Å². The molecule has 0 amide bonds. The predicted octanol–water partition coefficient (Wildman–Crippen LogP) is 2.03. The molecule has 0 saturated carbocycles. The largest absolute Gasteiger partial charge is 0.352 e. The molecule has 2 heterocycles.